The molecule has 2 N–H and O–H groups in total. The summed E-state index contributed by atoms with van der Waals surface area (Å²) in [4.78, 5) is 4.80. The average Bonchev–Trinajstić information content (AvgIpc) is 2.24. The Morgan fingerprint density at radius 3 is 2.88 bits per heavy atom. The predicted octanol–water partition coefficient (Wildman–Crippen LogP) is 3.46. The van der Waals surface area contributed by atoms with Crippen LogP contribution in [0.5, 0.6) is 0 Å². The van der Waals surface area contributed by atoms with Crippen LogP contribution in [-0.4, -0.2) is 10.2 Å². The number of aromatic nitrogens is 1. The zero-order chi connectivity index (χ0) is 11.7. The molecule has 0 unspecified atom stereocenters. The van der Waals surface area contributed by atoms with E-state index in [1.807, 2.05) is 19.9 Å². The second-order valence-electron chi connectivity index (χ2n) is 3.84. The summed E-state index contributed by atoms with van der Waals surface area (Å²) < 4.78 is 13.8. The van der Waals surface area contributed by atoms with Crippen LogP contribution in [0.15, 0.2) is 29.3 Å². The number of nitrogen functional groups attached to an aromatic ring is 1. The van der Waals surface area contributed by atoms with E-state index in [1.165, 1.54) is 17.8 Å². The lowest BCUT2D eigenvalue weighted by molar-refractivity contribution is 0.605. The number of halogens is 1. The first kappa shape index (κ1) is 11.2. The first-order chi connectivity index (χ1) is 7.59. The number of nitrogens with two attached hydrogens (primary N) is 1. The van der Waals surface area contributed by atoms with E-state index in [2.05, 4.69) is 4.98 Å². The monoisotopic (exact) mass is 236 g/mol. The van der Waals surface area contributed by atoms with Gasteiger partial charge in [-0.3, -0.25) is 4.98 Å². The molecule has 0 aliphatic heterocycles. The molecule has 2 aromatic rings. The standard InChI is InChI=1S/C12H13FN2S/c1-7(2)16-12-9(13)6-10(14)8-4-3-5-15-11(8)12/h3-7H,14H2,1-2H3. The van der Waals surface area contributed by atoms with E-state index in [-0.39, 0.29) is 5.82 Å². The van der Waals surface area contributed by atoms with E-state index in [9.17, 15) is 4.39 Å². The largest absolute Gasteiger partial charge is 0.398 e. The third kappa shape index (κ3) is 1.97. The molecule has 1 aromatic heterocycles. The Labute approximate surface area is 98.1 Å². The van der Waals surface area contributed by atoms with Crippen molar-refractivity contribution in [1.82, 2.24) is 4.98 Å². The van der Waals surface area contributed by atoms with Crippen LogP contribution in [0.2, 0.25) is 0 Å². The Morgan fingerprint density at radius 2 is 2.19 bits per heavy atom. The third-order valence-corrected chi connectivity index (χ3v) is 3.28. The molecule has 0 saturated carbocycles. The van der Waals surface area contributed by atoms with Crippen molar-refractivity contribution in [1.29, 1.82) is 0 Å². The lowest BCUT2D eigenvalue weighted by atomic mass is 10.2. The van der Waals surface area contributed by atoms with Gasteiger partial charge in [0.2, 0.25) is 0 Å². The van der Waals surface area contributed by atoms with Crippen LogP contribution in [-0.2, 0) is 0 Å². The Bertz CT molecular complexity index is 526. The summed E-state index contributed by atoms with van der Waals surface area (Å²) in [6.07, 6.45) is 1.66. The smallest absolute Gasteiger partial charge is 0.141 e. The van der Waals surface area contributed by atoms with Crippen LogP contribution < -0.4 is 5.73 Å². The van der Waals surface area contributed by atoms with Crippen LogP contribution >= 0.6 is 11.8 Å². The van der Waals surface area contributed by atoms with Gasteiger partial charge in [-0.1, -0.05) is 13.8 Å². The van der Waals surface area contributed by atoms with Gasteiger partial charge in [-0.15, -0.1) is 11.8 Å². The highest BCUT2D eigenvalue weighted by Gasteiger charge is 2.13. The van der Waals surface area contributed by atoms with E-state index in [0.29, 0.717) is 21.3 Å². The molecule has 0 bridgehead atoms. The molecule has 0 amide bonds. The number of rotatable bonds is 2. The summed E-state index contributed by atoms with van der Waals surface area (Å²) in [6, 6.07) is 5.04. The van der Waals surface area contributed by atoms with Crippen LogP contribution in [0.25, 0.3) is 10.9 Å². The number of benzene rings is 1. The summed E-state index contributed by atoms with van der Waals surface area (Å²) in [7, 11) is 0. The molecular formula is C12H13FN2S. The first-order valence-corrected chi connectivity index (χ1v) is 5.97. The Morgan fingerprint density at radius 1 is 1.44 bits per heavy atom. The zero-order valence-electron chi connectivity index (χ0n) is 9.20. The number of hydrogen-bond acceptors (Lipinski definition) is 3. The minimum Gasteiger partial charge on any atom is -0.398 e. The second kappa shape index (κ2) is 4.29. The van der Waals surface area contributed by atoms with Gasteiger partial charge in [0, 0.05) is 22.5 Å². The molecule has 2 nitrogen and oxygen atoms in total. The van der Waals surface area contributed by atoms with Crippen molar-refractivity contribution >= 4 is 28.4 Å². The average molecular weight is 236 g/mol. The molecular weight excluding hydrogens is 223 g/mol. The molecule has 0 aliphatic carbocycles. The minimum absolute atomic E-state index is 0.289. The topological polar surface area (TPSA) is 38.9 Å². The number of fused-ring (bicyclic) bond motifs is 1. The molecule has 0 aliphatic rings. The SMILES string of the molecule is CC(C)Sc1c(F)cc(N)c2cccnc12. The Kier molecular flexibility index (Phi) is 3.01. The fraction of sp³-hybridized carbons (Fsp3) is 0.250. The predicted molar refractivity (Wildman–Crippen MR) is 67.1 cm³/mol. The minimum atomic E-state index is -0.289. The van der Waals surface area contributed by atoms with Crippen molar-refractivity contribution < 1.29 is 4.39 Å². The van der Waals surface area contributed by atoms with E-state index >= 15 is 0 Å². The third-order valence-electron chi connectivity index (χ3n) is 2.19. The molecule has 0 atom stereocenters. The summed E-state index contributed by atoms with van der Waals surface area (Å²) in [5, 5.41) is 1.12. The molecule has 16 heavy (non-hydrogen) atoms. The van der Waals surface area contributed by atoms with Crippen LogP contribution in [0.1, 0.15) is 13.8 Å². The van der Waals surface area contributed by atoms with Crippen molar-refractivity contribution in [3.8, 4) is 0 Å². The molecule has 0 fully saturated rings. The van der Waals surface area contributed by atoms with Crippen LogP contribution in [0, 0.1) is 5.82 Å². The van der Waals surface area contributed by atoms with E-state index in [0.717, 1.165) is 5.39 Å². The maximum atomic E-state index is 13.8. The highest BCUT2D eigenvalue weighted by Crippen LogP contribution is 2.34. The number of thioether (sulfide) groups is 1. The Hall–Kier alpha value is -1.29. The normalized spacial score (nSPS) is 11.2. The van der Waals surface area contributed by atoms with Crippen molar-refractivity contribution in [3.05, 3.63) is 30.2 Å². The molecule has 1 aromatic carbocycles. The summed E-state index contributed by atoms with van der Waals surface area (Å²) in [5.74, 6) is -0.289. The maximum absolute atomic E-state index is 13.8. The summed E-state index contributed by atoms with van der Waals surface area (Å²) in [5.41, 5.74) is 6.86. The number of pyridine rings is 1. The van der Waals surface area contributed by atoms with Gasteiger partial charge in [0.1, 0.15) is 5.82 Å². The van der Waals surface area contributed by atoms with Gasteiger partial charge in [-0.25, -0.2) is 4.39 Å². The van der Waals surface area contributed by atoms with Crippen molar-refractivity contribution in [2.75, 3.05) is 5.73 Å². The van der Waals surface area contributed by atoms with Gasteiger partial charge in [0.05, 0.1) is 10.4 Å². The number of nitrogens with zero attached hydrogens (tertiary/aromatic N) is 1. The summed E-state index contributed by atoms with van der Waals surface area (Å²) in [6.45, 7) is 4.05. The lowest BCUT2D eigenvalue weighted by Gasteiger charge is -2.10. The molecule has 4 heteroatoms. The van der Waals surface area contributed by atoms with Gasteiger partial charge in [-0.2, -0.15) is 0 Å². The number of anilines is 1. The second-order valence-corrected chi connectivity index (χ2v) is 5.43. The maximum Gasteiger partial charge on any atom is 0.141 e. The van der Waals surface area contributed by atoms with Crippen LogP contribution in [0.4, 0.5) is 10.1 Å². The van der Waals surface area contributed by atoms with Crippen LogP contribution in [0.3, 0.4) is 0 Å². The van der Waals surface area contributed by atoms with Crippen molar-refractivity contribution in [2.45, 2.75) is 24.0 Å². The molecule has 2 rings (SSSR count). The highest BCUT2D eigenvalue weighted by molar-refractivity contribution is 8.00. The van der Waals surface area contributed by atoms with Crippen molar-refractivity contribution in [3.63, 3.8) is 0 Å². The van der Waals surface area contributed by atoms with E-state index in [4.69, 9.17) is 5.73 Å². The fourth-order valence-electron chi connectivity index (χ4n) is 1.56. The van der Waals surface area contributed by atoms with Crippen molar-refractivity contribution in [2.24, 2.45) is 0 Å². The quantitative estimate of drug-likeness (QED) is 0.641. The highest BCUT2D eigenvalue weighted by atomic mass is 32.2. The Balaban J connectivity index is 2.71. The van der Waals surface area contributed by atoms with Gasteiger partial charge >= 0.3 is 0 Å². The molecule has 0 saturated heterocycles. The van der Waals surface area contributed by atoms with Gasteiger partial charge in [0.15, 0.2) is 0 Å². The van der Waals surface area contributed by atoms with Gasteiger partial charge < -0.3 is 5.73 Å². The summed E-state index contributed by atoms with van der Waals surface area (Å²) >= 11 is 1.47. The molecule has 0 spiro atoms. The molecule has 84 valence electrons. The van der Waals surface area contributed by atoms with Gasteiger partial charge in [0.25, 0.3) is 0 Å². The molecule has 0 radical (unpaired) electrons. The van der Waals surface area contributed by atoms with Gasteiger partial charge in [-0.05, 0) is 18.2 Å². The van der Waals surface area contributed by atoms with E-state index in [1.54, 1.807) is 12.3 Å². The zero-order valence-corrected chi connectivity index (χ0v) is 10.0. The molecule has 1 heterocycles. The van der Waals surface area contributed by atoms with E-state index < -0.39 is 0 Å². The number of hydrogen-bond donors (Lipinski definition) is 1. The fourth-order valence-corrected chi connectivity index (χ4v) is 2.48. The lowest BCUT2D eigenvalue weighted by Crippen LogP contribution is -1.96. The first-order valence-electron chi connectivity index (χ1n) is 5.09.